The Morgan fingerprint density at radius 2 is 2.21 bits per heavy atom. The maximum atomic E-state index is 11.5. The number of allylic oxidation sites excluding steroid dienone is 2. The fraction of sp³-hybridized carbons (Fsp3) is 0.643. The predicted molar refractivity (Wildman–Crippen MR) is 69.6 cm³/mol. The quantitative estimate of drug-likeness (QED) is 0.844. The molecule has 1 heterocycles. The molecule has 0 amide bonds. The molecule has 5 nitrogen and oxygen atoms in total. The highest BCUT2D eigenvalue weighted by Gasteiger charge is 2.40. The molecular weight excluding hydrogens is 242 g/mol. The first-order valence-electron chi connectivity index (χ1n) is 6.88. The molecule has 19 heavy (non-hydrogen) atoms. The Morgan fingerprint density at radius 1 is 1.42 bits per heavy atom. The van der Waals surface area contributed by atoms with Gasteiger partial charge in [-0.3, -0.25) is 0 Å². The molecule has 5 heteroatoms. The molecule has 4 unspecified atom stereocenters. The minimum absolute atomic E-state index is 0.0152. The normalized spacial score (nSPS) is 30.2. The van der Waals surface area contributed by atoms with Crippen LogP contribution in [0.1, 0.15) is 44.5 Å². The van der Waals surface area contributed by atoms with Gasteiger partial charge in [-0.25, -0.2) is 4.79 Å². The van der Waals surface area contributed by atoms with Crippen LogP contribution in [0.15, 0.2) is 18.5 Å². The summed E-state index contributed by atoms with van der Waals surface area (Å²) in [6.45, 7) is 3.84. The van der Waals surface area contributed by atoms with Crippen molar-refractivity contribution < 1.29 is 9.90 Å². The van der Waals surface area contributed by atoms with E-state index >= 15 is 0 Å². The van der Waals surface area contributed by atoms with Crippen molar-refractivity contribution in [2.24, 2.45) is 17.8 Å². The van der Waals surface area contributed by atoms with Crippen molar-refractivity contribution in [1.29, 1.82) is 0 Å². The van der Waals surface area contributed by atoms with Crippen molar-refractivity contribution in [2.45, 2.75) is 38.6 Å². The van der Waals surface area contributed by atoms with Gasteiger partial charge in [0.1, 0.15) is 18.2 Å². The lowest BCUT2D eigenvalue weighted by Crippen LogP contribution is -2.27. The molecular formula is C14H19N3O2. The number of hydrogen-bond donors (Lipinski definition) is 1. The summed E-state index contributed by atoms with van der Waals surface area (Å²) >= 11 is 0. The Bertz CT molecular complexity index is 521. The van der Waals surface area contributed by atoms with Crippen LogP contribution < -0.4 is 0 Å². The van der Waals surface area contributed by atoms with Crippen LogP contribution in [0.5, 0.6) is 0 Å². The Labute approximate surface area is 112 Å². The van der Waals surface area contributed by atoms with E-state index in [-0.39, 0.29) is 5.92 Å². The third kappa shape index (κ3) is 1.97. The van der Waals surface area contributed by atoms with Crippen LogP contribution in [0, 0.1) is 17.8 Å². The van der Waals surface area contributed by atoms with Crippen molar-refractivity contribution in [3.05, 3.63) is 24.3 Å². The number of fused-ring (bicyclic) bond motifs is 2. The Morgan fingerprint density at radius 3 is 2.74 bits per heavy atom. The van der Waals surface area contributed by atoms with Gasteiger partial charge in [-0.15, -0.1) is 10.2 Å². The van der Waals surface area contributed by atoms with Gasteiger partial charge in [-0.1, -0.05) is 26.0 Å². The van der Waals surface area contributed by atoms with Crippen LogP contribution >= 0.6 is 0 Å². The average Bonchev–Trinajstić information content (AvgIpc) is 3.01. The molecule has 102 valence electrons. The molecule has 0 radical (unpaired) electrons. The van der Waals surface area contributed by atoms with Crippen molar-refractivity contribution in [3.8, 4) is 0 Å². The number of nitrogens with zero attached hydrogens (tertiary/aromatic N) is 3. The second-order valence-corrected chi connectivity index (χ2v) is 6.01. The van der Waals surface area contributed by atoms with Gasteiger partial charge in [0.15, 0.2) is 0 Å². The van der Waals surface area contributed by atoms with E-state index in [0.29, 0.717) is 17.8 Å². The monoisotopic (exact) mass is 261 g/mol. The third-order valence-corrected chi connectivity index (χ3v) is 4.40. The smallest absolute Gasteiger partial charge is 0.327 e. The van der Waals surface area contributed by atoms with E-state index in [1.165, 1.54) is 6.42 Å². The zero-order valence-corrected chi connectivity index (χ0v) is 11.2. The van der Waals surface area contributed by atoms with Crippen molar-refractivity contribution in [2.75, 3.05) is 0 Å². The highest BCUT2D eigenvalue weighted by Crippen LogP contribution is 2.48. The molecule has 0 aromatic carbocycles. The molecule has 1 aromatic rings. The van der Waals surface area contributed by atoms with E-state index in [2.05, 4.69) is 22.3 Å². The summed E-state index contributed by atoms with van der Waals surface area (Å²) in [5, 5.41) is 17.6. The molecule has 0 spiro atoms. The van der Waals surface area contributed by atoms with Gasteiger partial charge >= 0.3 is 5.97 Å². The van der Waals surface area contributed by atoms with Crippen LogP contribution in [-0.2, 0) is 4.79 Å². The Kier molecular flexibility index (Phi) is 2.92. The summed E-state index contributed by atoms with van der Waals surface area (Å²) in [5.74, 6) is 1.53. The van der Waals surface area contributed by atoms with Crippen LogP contribution in [0.3, 0.4) is 0 Å². The minimum Gasteiger partial charge on any atom is -0.480 e. The van der Waals surface area contributed by atoms with E-state index < -0.39 is 12.0 Å². The number of aliphatic carboxylic acids is 1. The number of rotatable bonds is 4. The summed E-state index contributed by atoms with van der Waals surface area (Å²) in [7, 11) is 0. The zero-order chi connectivity index (χ0) is 13.6. The molecule has 3 rings (SSSR count). The maximum Gasteiger partial charge on any atom is 0.327 e. The lowest BCUT2D eigenvalue weighted by atomic mass is 9.92. The Hall–Kier alpha value is -1.65. The van der Waals surface area contributed by atoms with Gasteiger partial charge in [-0.2, -0.15) is 0 Å². The van der Waals surface area contributed by atoms with Gasteiger partial charge in [-0.05, 0) is 30.6 Å². The van der Waals surface area contributed by atoms with Gasteiger partial charge in [0, 0.05) is 5.92 Å². The Balaban J connectivity index is 1.94. The first-order chi connectivity index (χ1) is 9.08. The van der Waals surface area contributed by atoms with Crippen molar-refractivity contribution in [1.82, 2.24) is 14.8 Å². The van der Waals surface area contributed by atoms with E-state index in [0.717, 1.165) is 12.2 Å². The van der Waals surface area contributed by atoms with Crippen molar-refractivity contribution >= 4 is 5.97 Å². The third-order valence-electron chi connectivity index (χ3n) is 4.40. The van der Waals surface area contributed by atoms with E-state index in [1.54, 1.807) is 10.9 Å². The summed E-state index contributed by atoms with van der Waals surface area (Å²) in [6.07, 6.45) is 8.35. The summed E-state index contributed by atoms with van der Waals surface area (Å²) in [4.78, 5) is 11.5. The van der Waals surface area contributed by atoms with Gasteiger partial charge < -0.3 is 9.67 Å². The van der Waals surface area contributed by atoms with Crippen LogP contribution in [0.4, 0.5) is 0 Å². The molecule has 1 fully saturated rings. The topological polar surface area (TPSA) is 68.0 Å². The largest absolute Gasteiger partial charge is 0.480 e. The van der Waals surface area contributed by atoms with Crippen LogP contribution in [0.2, 0.25) is 0 Å². The highest BCUT2D eigenvalue weighted by molar-refractivity contribution is 5.72. The average molecular weight is 261 g/mol. The van der Waals surface area contributed by atoms with Gasteiger partial charge in [0.2, 0.25) is 0 Å². The first kappa shape index (κ1) is 12.4. The zero-order valence-electron chi connectivity index (χ0n) is 11.2. The number of carbonyl (C=O) groups is 1. The van der Waals surface area contributed by atoms with Crippen LogP contribution in [-0.4, -0.2) is 25.8 Å². The fourth-order valence-corrected chi connectivity index (χ4v) is 3.53. The number of hydrogen-bond acceptors (Lipinski definition) is 3. The van der Waals surface area contributed by atoms with E-state index in [9.17, 15) is 9.90 Å². The fourth-order valence-electron chi connectivity index (χ4n) is 3.53. The number of aromatic nitrogens is 3. The summed E-state index contributed by atoms with van der Waals surface area (Å²) < 4.78 is 1.77. The SMILES string of the molecule is CC(C)C(C(=O)O)n1cnnc1C1CC2C=CC1C2. The maximum absolute atomic E-state index is 11.5. The van der Waals surface area contributed by atoms with Crippen LogP contribution in [0.25, 0.3) is 0 Å². The molecule has 2 bridgehead atoms. The minimum atomic E-state index is -0.810. The van der Waals surface area contributed by atoms with E-state index in [4.69, 9.17) is 0 Å². The molecule has 1 aromatic heterocycles. The first-order valence-corrected chi connectivity index (χ1v) is 6.88. The second-order valence-electron chi connectivity index (χ2n) is 6.01. The predicted octanol–water partition coefficient (Wildman–Crippen LogP) is 2.24. The van der Waals surface area contributed by atoms with Gasteiger partial charge in [0.05, 0.1) is 0 Å². The second kappa shape index (κ2) is 4.47. The lowest BCUT2D eigenvalue weighted by Gasteiger charge is -2.23. The molecule has 2 aliphatic rings. The molecule has 1 N–H and O–H groups in total. The lowest BCUT2D eigenvalue weighted by molar-refractivity contribution is -0.142. The van der Waals surface area contributed by atoms with E-state index in [1.807, 2.05) is 13.8 Å². The highest BCUT2D eigenvalue weighted by atomic mass is 16.4. The molecule has 2 aliphatic carbocycles. The van der Waals surface area contributed by atoms with Crippen molar-refractivity contribution in [3.63, 3.8) is 0 Å². The molecule has 1 saturated carbocycles. The van der Waals surface area contributed by atoms with Gasteiger partial charge in [0.25, 0.3) is 0 Å². The molecule has 4 atom stereocenters. The summed E-state index contributed by atoms with van der Waals surface area (Å²) in [6, 6.07) is -0.576. The standard InChI is InChI=1S/C14H19N3O2/c1-8(2)12(14(18)19)17-7-15-16-13(17)11-6-9-3-4-10(11)5-9/h3-4,7-12H,5-6H2,1-2H3,(H,18,19). The summed E-state index contributed by atoms with van der Waals surface area (Å²) in [5.41, 5.74) is 0. The number of carboxylic acid groups (broad SMARTS) is 1. The molecule has 0 aliphatic heterocycles. The molecule has 0 saturated heterocycles. The number of carboxylic acids is 1.